The number of pyridine rings is 2. The van der Waals surface area contributed by atoms with E-state index in [2.05, 4.69) is 84.2 Å². The van der Waals surface area contributed by atoms with Gasteiger partial charge in [-0.15, -0.1) is 54.1 Å². The minimum atomic E-state index is -1.35. The van der Waals surface area contributed by atoms with Gasteiger partial charge in [-0.2, -0.15) is 0 Å². The second kappa shape index (κ2) is 12.6. The van der Waals surface area contributed by atoms with Crippen molar-refractivity contribution in [1.29, 1.82) is 0 Å². The van der Waals surface area contributed by atoms with E-state index in [4.69, 9.17) is 4.42 Å². The van der Waals surface area contributed by atoms with E-state index in [0.29, 0.717) is 0 Å². The Labute approximate surface area is 257 Å². The monoisotopic (exact) mass is 731 g/mol. The Morgan fingerprint density at radius 2 is 1.61 bits per heavy atom. The van der Waals surface area contributed by atoms with E-state index >= 15 is 0 Å². The van der Waals surface area contributed by atoms with Crippen LogP contribution in [0.5, 0.6) is 0 Å². The number of fused-ring (bicyclic) bond motifs is 3. The van der Waals surface area contributed by atoms with Crippen LogP contribution >= 0.6 is 0 Å². The normalized spacial score (nSPS) is 13.5. The van der Waals surface area contributed by atoms with Crippen molar-refractivity contribution in [2.45, 2.75) is 51.2 Å². The molecular weight excluding hydrogens is 697 g/mol. The van der Waals surface area contributed by atoms with E-state index in [1.54, 1.807) is 6.20 Å². The van der Waals surface area contributed by atoms with Crippen LogP contribution in [0.4, 0.5) is 0 Å². The molecule has 0 aliphatic heterocycles. The third kappa shape index (κ3) is 6.43. The van der Waals surface area contributed by atoms with Gasteiger partial charge in [-0.3, -0.25) is 0 Å². The van der Waals surface area contributed by atoms with Crippen LogP contribution in [0.25, 0.3) is 44.5 Å². The Morgan fingerprint density at radius 3 is 2.29 bits per heavy atom. The van der Waals surface area contributed by atoms with Gasteiger partial charge in [0.25, 0.3) is 0 Å². The third-order valence-corrected chi connectivity index (χ3v) is 9.86. The number of aromatic nitrogens is 2. The number of furan rings is 1. The smallest absolute Gasteiger partial charge is 0.120 e. The molecule has 1 fully saturated rings. The molecule has 0 N–H and O–H groups in total. The van der Waals surface area contributed by atoms with Gasteiger partial charge in [0.05, 0.1) is 13.7 Å². The number of benzene rings is 3. The predicted octanol–water partition coefficient (Wildman–Crippen LogP) is 9.20. The summed E-state index contributed by atoms with van der Waals surface area (Å²) in [5.41, 5.74) is 7.11. The topological polar surface area (TPSA) is 38.9 Å². The summed E-state index contributed by atoms with van der Waals surface area (Å²) in [6, 6.07) is 35.4. The SMILES string of the molecule is C[Si](C)(C)c1ccc2oc3c(-c4ccccn4)[c-]ccc3c2c1.[Ir].[c-]1ccccc1-c1ccc(C2CCCC2)cn1. The van der Waals surface area contributed by atoms with E-state index in [1.165, 1.54) is 41.8 Å². The van der Waals surface area contributed by atoms with Gasteiger partial charge in [0.1, 0.15) is 5.58 Å². The molecule has 0 spiro atoms. The van der Waals surface area contributed by atoms with Gasteiger partial charge in [-0.1, -0.05) is 85.0 Å². The molecular formula is C36H34IrN2OSi-2. The first-order valence-corrected chi connectivity index (χ1v) is 17.7. The average Bonchev–Trinajstić information content (AvgIpc) is 3.66. The fourth-order valence-corrected chi connectivity index (χ4v) is 6.69. The zero-order valence-corrected chi connectivity index (χ0v) is 27.2. The molecule has 0 saturated heterocycles. The van der Waals surface area contributed by atoms with Crippen LogP contribution in [0.1, 0.15) is 37.2 Å². The molecule has 209 valence electrons. The molecule has 3 heterocycles. The quantitative estimate of drug-likeness (QED) is 0.134. The molecule has 41 heavy (non-hydrogen) atoms. The maximum absolute atomic E-state index is 6.15. The summed E-state index contributed by atoms with van der Waals surface area (Å²) < 4.78 is 6.15. The summed E-state index contributed by atoms with van der Waals surface area (Å²) >= 11 is 0. The third-order valence-electron chi connectivity index (χ3n) is 7.82. The molecule has 1 aliphatic carbocycles. The first kappa shape index (κ1) is 29.1. The Bertz CT molecular complexity index is 1720. The van der Waals surface area contributed by atoms with Gasteiger partial charge in [0.15, 0.2) is 0 Å². The maximum atomic E-state index is 6.15. The minimum Gasteiger partial charge on any atom is -0.501 e. The van der Waals surface area contributed by atoms with E-state index < -0.39 is 8.07 Å². The van der Waals surface area contributed by atoms with E-state index in [-0.39, 0.29) is 20.1 Å². The molecule has 6 aromatic rings. The van der Waals surface area contributed by atoms with Crippen LogP contribution in [0, 0.1) is 12.1 Å². The molecule has 0 atom stereocenters. The molecule has 0 bridgehead atoms. The van der Waals surface area contributed by atoms with Gasteiger partial charge in [0.2, 0.25) is 0 Å². The average molecular weight is 731 g/mol. The Hall–Kier alpha value is -3.37. The fourth-order valence-electron chi connectivity index (χ4n) is 5.53. The van der Waals surface area contributed by atoms with Crippen molar-refractivity contribution in [2.24, 2.45) is 0 Å². The summed E-state index contributed by atoms with van der Waals surface area (Å²) in [7, 11) is -1.35. The number of hydrogen-bond donors (Lipinski definition) is 0. The zero-order chi connectivity index (χ0) is 27.5. The van der Waals surface area contributed by atoms with Crippen LogP contribution in [-0.2, 0) is 20.1 Å². The van der Waals surface area contributed by atoms with Crippen molar-refractivity contribution >= 4 is 35.2 Å². The van der Waals surface area contributed by atoms with Crippen LogP contribution in [-0.4, -0.2) is 18.0 Å². The second-order valence-electron chi connectivity index (χ2n) is 11.6. The van der Waals surface area contributed by atoms with Gasteiger partial charge in [0, 0.05) is 37.9 Å². The Balaban J connectivity index is 0.000000168. The largest absolute Gasteiger partial charge is 0.501 e. The maximum Gasteiger partial charge on any atom is 0.120 e. The van der Waals surface area contributed by atoms with Crippen molar-refractivity contribution in [1.82, 2.24) is 9.97 Å². The molecule has 1 saturated carbocycles. The zero-order valence-electron chi connectivity index (χ0n) is 23.8. The first-order chi connectivity index (χ1) is 19.5. The van der Waals surface area contributed by atoms with Gasteiger partial charge in [-0.05, 0) is 47.8 Å². The number of hydrogen-bond acceptors (Lipinski definition) is 3. The molecule has 5 heteroatoms. The van der Waals surface area contributed by atoms with Crippen molar-refractivity contribution in [3.8, 4) is 22.5 Å². The Morgan fingerprint density at radius 1 is 0.780 bits per heavy atom. The van der Waals surface area contributed by atoms with E-state index in [0.717, 1.165) is 45.0 Å². The van der Waals surface area contributed by atoms with Crippen molar-refractivity contribution in [3.05, 3.63) is 115 Å². The summed E-state index contributed by atoms with van der Waals surface area (Å²) in [4.78, 5) is 9.00. The fraction of sp³-hybridized carbons (Fsp3) is 0.222. The van der Waals surface area contributed by atoms with Gasteiger partial charge < -0.3 is 14.4 Å². The molecule has 1 aliphatic rings. The molecule has 1 radical (unpaired) electrons. The Kier molecular flexibility index (Phi) is 8.99. The standard InChI is InChI=1S/C20H18NOSi.C16H16N.Ir/c1-23(2,3)14-10-11-19-17(13-14)15-7-6-8-16(20(15)22-19)18-9-4-5-12-21-18;1-2-8-14(9-3-1)16-11-10-15(12-17-16)13-6-4-5-7-13;/h4-7,9-13H,1-3H3;1-3,8,10-13H,4-7H2;/q2*-1;. The number of nitrogens with zero attached hydrogens (tertiary/aromatic N) is 2. The molecule has 3 aromatic heterocycles. The van der Waals surface area contributed by atoms with Gasteiger partial charge >= 0.3 is 0 Å². The van der Waals surface area contributed by atoms with Crippen molar-refractivity contribution < 1.29 is 24.5 Å². The van der Waals surface area contributed by atoms with Crippen molar-refractivity contribution in [2.75, 3.05) is 0 Å². The summed E-state index contributed by atoms with van der Waals surface area (Å²) in [5.74, 6) is 0.747. The van der Waals surface area contributed by atoms with Crippen molar-refractivity contribution in [3.63, 3.8) is 0 Å². The molecule has 7 rings (SSSR count). The number of rotatable bonds is 4. The summed E-state index contributed by atoms with van der Waals surface area (Å²) in [6.45, 7) is 7.09. The summed E-state index contributed by atoms with van der Waals surface area (Å²) in [5, 5.41) is 3.77. The van der Waals surface area contributed by atoms with E-state index in [9.17, 15) is 0 Å². The minimum absolute atomic E-state index is 0. The van der Waals surface area contributed by atoms with Crippen LogP contribution in [0.3, 0.4) is 0 Å². The molecule has 3 aromatic carbocycles. The molecule has 3 nitrogen and oxygen atoms in total. The summed E-state index contributed by atoms with van der Waals surface area (Å²) in [6.07, 6.45) is 9.26. The predicted molar refractivity (Wildman–Crippen MR) is 168 cm³/mol. The molecule has 0 unspecified atom stereocenters. The van der Waals surface area contributed by atoms with Crippen LogP contribution in [0.2, 0.25) is 19.6 Å². The second-order valence-corrected chi connectivity index (χ2v) is 16.7. The first-order valence-electron chi connectivity index (χ1n) is 14.2. The molecule has 0 amide bonds. The van der Waals surface area contributed by atoms with Gasteiger partial charge in [-0.25, -0.2) is 0 Å². The van der Waals surface area contributed by atoms with E-state index in [1.807, 2.05) is 48.7 Å². The van der Waals surface area contributed by atoms with Crippen LogP contribution in [0.15, 0.2) is 102 Å². The van der Waals surface area contributed by atoms with Crippen LogP contribution < -0.4 is 5.19 Å².